The first kappa shape index (κ1) is 14.6. The number of hydrogen-bond donors (Lipinski definition) is 1. The van der Waals surface area contributed by atoms with Crippen LogP contribution < -0.4 is 4.90 Å². The van der Waals surface area contributed by atoms with Crippen LogP contribution in [0.25, 0.3) is 0 Å². The van der Waals surface area contributed by atoms with Crippen molar-refractivity contribution < 1.29 is 27.9 Å². The molecule has 0 saturated carbocycles. The fourth-order valence-corrected chi connectivity index (χ4v) is 2.29. The smallest absolute Gasteiger partial charge is 0.417 e. The number of carbonyl (C=O) groups is 2. The second-order valence-corrected chi connectivity index (χ2v) is 4.74. The molecular formula is C12H9ClF3NO3. The average Bonchev–Trinajstić information content (AvgIpc) is 2.70. The zero-order chi connectivity index (χ0) is 15.1. The van der Waals surface area contributed by atoms with Crippen molar-refractivity contribution in [2.45, 2.75) is 12.6 Å². The summed E-state index contributed by atoms with van der Waals surface area (Å²) in [6, 6.07) is 3.06. The van der Waals surface area contributed by atoms with Gasteiger partial charge in [0.2, 0.25) is 5.91 Å². The Kier molecular flexibility index (Phi) is 3.64. The molecule has 0 spiro atoms. The molecule has 0 aromatic heterocycles. The minimum Gasteiger partial charge on any atom is -0.481 e. The Hall–Kier alpha value is -1.76. The largest absolute Gasteiger partial charge is 0.481 e. The molecule has 1 saturated heterocycles. The number of nitrogens with zero attached hydrogens (tertiary/aromatic N) is 1. The van der Waals surface area contributed by atoms with Gasteiger partial charge in [-0.2, -0.15) is 13.2 Å². The van der Waals surface area contributed by atoms with Gasteiger partial charge in [-0.15, -0.1) is 0 Å². The van der Waals surface area contributed by atoms with Gasteiger partial charge in [0.25, 0.3) is 0 Å². The Bertz CT molecular complexity index is 574. The molecule has 1 atom stereocenters. The van der Waals surface area contributed by atoms with E-state index in [2.05, 4.69) is 0 Å². The van der Waals surface area contributed by atoms with E-state index in [-0.39, 0.29) is 18.7 Å². The first-order valence-electron chi connectivity index (χ1n) is 5.62. The van der Waals surface area contributed by atoms with Crippen LogP contribution >= 0.6 is 11.6 Å². The summed E-state index contributed by atoms with van der Waals surface area (Å²) in [5.74, 6) is -3.20. The molecule has 2 rings (SSSR count). The van der Waals surface area contributed by atoms with E-state index in [1.54, 1.807) is 0 Å². The molecule has 4 nitrogen and oxygen atoms in total. The fraction of sp³-hybridized carbons (Fsp3) is 0.333. The van der Waals surface area contributed by atoms with Gasteiger partial charge >= 0.3 is 12.1 Å². The molecule has 1 heterocycles. The maximum absolute atomic E-state index is 12.7. The van der Waals surface area contributed by atoms with Gasteiger partial charge in [0.05, 0.1) is 10.6 Å². The van der Waals surface area contributed by atoms with Crippen LogP contribution in [0.15, 0.2) is 18.2 Å². The van der Waals surface area contributed by atoms with Crippen LogP contribution in [-0.4, -0.2) is 23.5 Å². The standard InChI is InChI=1S/C12H9ClF3NO3/c13-9-2-1-6(5-8(9)12(14,15)16)17-4-3-7(10(17)18)11(19)20/h1-2,5,7H,3-4H2,(H,19,20). The van der Waals surface area contributed by atoms with Crippen LogP contribution in [0.5, 0.6) is 0 Å². The van der Waals surface area contributed by atoms with Crippen LogP contribution in [0.1, 0.15) is 12.0 Å². The van der Waals surface area contributed by atoms with E-state index < -0.39 is 34.6 Å². The number of alkyl halides is 3. The number of hydrogen-bond acceptors (Lipinski definition) is 2. The fourth-order valence-electron chi connectivity index (χ4n) is 2.06. The SMILES string of the molecule is O=C(O)C1CCN(c2ccc(Cl)c(C(F)(F)F)c2)C1=O. The van der Waals surface area contributed by atoms with E-state index in [0.29, 0.717) is 0 Å². The summed E-state index contributed by atoms with van der Waals surface area (Å²) in [6.45, 7) is 0.0642. The number of benzene rings is 1. The van der Waals surface area contributed by atoms with Crippen LogP contribution in [0.3, 0.4) is 0 Å². The molecule has 1 unspecified atom stereocenters. The molecule has 0 aliphatic carbocycles. The molecule has 1 aromatic rings. The maximum Gasteiger partial charge on any atom is 0.417 e. The van der Waals surface area contributed by atoms with E-state index >= 15 is 0 Å². The molecule has 1 fully saturated rings. The number of carbonyl (C=O) groups excluding carboxylic acids is 1. The number of anilines is 1. The average molecular weight is 308 g/mol. The highest BCUT2D eigenvalue weighted by Gasteiger charge is 2.39. The number of aliphatic carboxylic acids is 1. The van der Waals surface area contributed by atoms with E-state index in [1.165, 1.54) is 6.07 Å². The minimum atomic E-state index is -4.64. The Balaban J connectivity index is 2.36. The number of rotatable bonds is 2. The summed E-state index contributed by atoms with van der Waals surface area (Å²) >= 11 is 5.49. The predicted octanol–water partition coefficient (Wildman–Crippen LogP) is 2.80. The summed E-state index contributed by atoms with van der Waals surface area (Å²) in [6.07, 6.45) is -4.57. The van der Waals surface area contributed by atoms with Crippen LogP contribution in [-0.2, 0) is 15.8 Å². The van der Waals surface area contributed by atoms with Gasteiger partial charge in [0.15, 0.2) is 0 Å². The van der Waals surface area contributed by atoms with Gasteiger partial charge < -0.3 is 10.0 Å². The van der Waals surface area contributed by atoms with Crippen molar-refractivity contribution in [3.05, 3.63) is 28.8 Å². The van der Waals surface area contributed by atoms with Gasteiger partial charge in [-0.3, -0.25) is 9.59 Å². The number of halogens is 4. The maximum atomic E-state index is 12.7. The van der Waals surface area contributed by atoms with Crippen molar-refractivity contribution in [2.24, 2.45) is 5.92 Å². The van der Waals surface area contributed by atoms with Crippen molar-refractivity contribution in [2.75, 3.05) is 11.4 Å². The first-order chi connectivity index (χ1) is 9.21. The number of carboxylic acid groups (broad SMARTS) is 1. The van der Waals surface area contributed by atoms with E-state index in [1.807, 2.05) is 0 Å². The highest BCUT2D eigenvalue weighted by atomic mass is 35.5. The second-order valence-electron chi connectivity index (χ2n) is 4.33. The van der Waals surface area contributed by atoms with Gasteiger partial charge in [-0.05, 0) is 24.6 Å². The van der Waals surface area contributed by atoms with Crippen LogP contribution in [0.2, 0.25) is 5.02 Å². The third kappa shape index (κ3) is 2.58. The highest BCUT2D eigenvalue weighted by Crippen LogP contribution is 2.38. The monoisotopic (exact) mass is 307 g/mol. The Morgan fingerprint density at radius 1 is 1.40 bits per heavy atom. The minimum absolute atomic E-state index is 0.00419. The highest BCUT2D eigenvalue weighted by molar-refractivity contribution is 6.31. The molecule has 1 amide bonds. The van der Waals surface area contributed by atoms with Crippen molar-refractivity contribution in [3.63, 3.8) is 0 Å². The molecule has 1 aliphatic heterocycles. The second kappa shape index (κ2) is 4.97. The van der Waals surface area contributed by atoms with Crippen LogP contribution in [0, 0.1) is 5.92 Å². The Labute approximate surface area is 116 Å². The first-order valence-corrected chi connectivity index (χ1v) is 6.00. The third-order valence-corrected chi connectivity index (χ3v) is 3.40. The summed E-state index contributed by atoms with van der Waals surface area (Å²) < 4.78 is 38.2. The summed E-state index contributed by atoms with van der Waals surface area (Å²) in [5.41, 5.74) is -1.06. The molecule has 1 N–H and O–H groups in total. The van der Waals surface area contributed by atoms with E-state index in [0.717, 1.165) is 17.0 Å². The topological polar surface area (TPSA) is 57.6 Å². The van der Waals surface area contributed by atoms with Crippen molar-refractivity contribution >= 4 is 29.2 Å². The lowest BCUT2D eigenvalue weighted by Crippen LogP contribution is -2.30. The lowest BCUT2D eigenvalue weighted by Gasteiger charge is -2.18. The predicted molar refractivity (Wildman–Crippen MR) is 64.5 cm³/mol. The molecule has 1 aromatic carbocycles. The van der Waals surface area contributed by atoms with Gasteiger partial charge in [0, 0.05) is 12.2 Å². The Morgan fingerprint density at radius 2 is 2.05 bits per heavy atom. The molecule has 1 aliphatic rings. The quantitative estimate of drug-likeness (QED) is 0.855. The normalized spacial score (nSPS) is 19.5. The number of carboxylic acids is 1. The van der Waals surface area contributed by atoms with E-state index in [9.17, 15) is 22.8 Å². The van der Waals surface area contributed by atoms with E-state index in [4.69, 9.17) is 16.7 Å². The van der Waals surface area contributed by atoms with Crippen LogP contribution in [0.4, 0.5) is 18.9 Å². The number of amides is 1. The lowest BCUT2D eigenvalue weighted by molar-refractivity contribution is -0.145. The Morgan fingerprint density at radius 3 is 2.55 bits per heavy atom. The van der Waals surface area contributed by atoms with Crippen molar-refractivity contribution in [1.29, 1.82) is 0 Å². The molecule has 20 heavy (non-hydrogen) atoms. The molecular weight excluding hydrogens is 299 g/mol. The van der Waals surface area contributed by atoms with Crippen molar-refractivity contribution in [3.8, 4) is 0 Å². The van der Waals surface area contributed by atoms with Crippen molar-refractivity contribution in [1.82, 2.24) is 0 Å². The summed E-state index contributed by atoms with van der Waals surface area (Å²) in [5, 5.41) is 8.36. The molecule has 8 heteroatoms. The third-order valence-electron chi connectivity index (χ3n) is 3.07. The molecule has 0 radical (unpaired) electrons. The lowest BCUT2D eigenvalue weighted by atomic mass is 10.1. The zero-order valence-corrected chi connectivity index (χ0v) is 10.7. The molecule has 0 bridgehead atoms. The molecule has 108 valence electrons. The van der Waals surface area contributed by atoms with Gasteiger partial charge in [-0.1, -0.05) is 11.6 Å². The zero-order valence-electron chi connectivity index (χ0n) is 9.95. The summed E-state index contributed by atoms with van der Waals surface area (Å²) in [7, 11) is 0. The summed E-state index contributed by atoms with van der Waals surface area (Å²) in [4.78, 5) is 23.7. The van der Waals surface area contributed by atoms with Gasteiger partial charge in [0.1, 0.15) is 5.92 Å². The van der Waals surface area contributed by atoms with Gasteiger partial charge in [-0.25, -0.2) is 0 Å².